The normalized spacial score (nSPS) is 11.6. The van der Waals surface area contributed by atoms with E-state index in [1.54, 1.807) is 0 Å². The summed E-state index contributed by atoms with van der Waals surface area (Å²) in [5, 5.41) is 9.97. The molecular formula is C102H68N4. The Morgan fingerprint density at radius 2 is 0.377 bits per heavy atom. The highest BCUT2D eigenvalue weighted by atomic mass is 15.0. The number of aromatic nitrogens is 4. The number of hydrogen-bond acceptors (Lipinski definition) is 0. The molecule has 21 rings (SSSR count). The first-order chi connectivity index (χ1) is 52.6. The highest BCUT2D eigenvalue weighted by Gasteiger charge is 2.23. The van der Waals surface area contributed by atoms with Crippen LogP contribution in [0.4, 0.5) is 0 Å². The summed E-state index contributed by atoms with van der Waals surface area (Å²) in [6.45, 7) is 0. The molecule has 0 amide bonds. The van der Waals surface area contributed by atoms with Crippen molar-refractivity contribution in [3.05, 3.63) is 413 Å². The highest BCUT2D eigenvalue weighted by Crippen LogP contribution is 2.45. The zero-order valence-corrected chi connectivity index (χ0v) is 58.0. The van der Waals surface area contributed by atoms with Crippen LogP contribution in [0.5, 0.6) is 0 Å². The van der Waals surface area contributed by atoms with Gasteiger partial charge in [0.15, 0.2) is 0 Å². The number of hydrogen-bond donors (Lipinski definition) is 0. The molecule has 0 spiro atoms. The van der Waals surface area contributed by atoms with Gasteiger partial charge in [-0.1, -0.05) is 303 Å². The maximum Gasteiger partial charge on any atom is 0.0619 e. The van der Waals surface area contributed by atoms with E-state index < -0.39 is 0 Å². The molecule has 4 aromatic heterocycles. The largest absolute Gasteiger partial charge is 0.309 e. The smallest absolute Gasteiger partial charge is 0.0619 e. The summed E-state index contributed by atoms with van der Waals surface area (Å²) < 4.78 is 9.75. The lowest BCUT2D eigenvalue weighted by molar-refractivity contribution is 1.18. The first-order valence-corrected chi connectivity index (χ1v) is 36.5. The fourth-order valence-electron chi connectivity index (χ4n) is 16.6. The van der Waals surface area contributed by atoms with Gasteiger partial charge >= 0.3 is 0 Å². The zero-order chi connectivity index (χ0) is 70.0. The van der Waals surface area contributed by atoms with E-state index >= 15 is 0 Å². The molecule has 0 bridgehead atoms. The topological polar surface area (TPSA) is 19.7 Å². The van der Waals surface area contributed by atoms with Crippen molar-refractivity contribution < 1.29 is 0 Å². The van der Waals surface area contributed by atoms with Crippen molar-refractivity contribution in [2.24, 2.45) is 0 Å². The van der Waals surface area contributed by atoms with Crippen molar-refractivity contribution in [2.75, 3.05) is 0 Å². The van der Waals surface area contributed by atoms with Gasteiger partial charge in [-0.15, -0.1) is 0 Å². The van der Waals surface area contributed by atoms with Gasteiger partial charge < -0.3 is 18.3 Å². The van der Waals surface area contributed by atoms with Gasteiger partial charge in [0.2, 0.25) is 0 Å². The summed E-state index contributed by atoms with van der Waals surface area (Å²) in [5.41, 5.74) is 31.1. The molecule has 17 aromatic carbocycles. The van der Waals surface area contributed by atoms with Crippen molar-refractivity contribution in [1.29, 1.82) is 0 Å². The molecular weight excluding hydrogens is 1280 g/mol. The molecule has 4 heteroatoms. The Morgan fingerprint density at radius 1 is 0.123 bits per heavy atom. The molecule has 4 nitrogen and oxygen atoms in total. The Morgan fingerprint density at radius 3 is 0.736 bits per heavy atom. The van der Waals surface area contributed by atoms with Crippen LogP contribution < -0.4 is 0 Å². The van der Waals surface area contributed by atoms with Crippen LogP contribution in [0, 0.1) is 0 Å². The van der Waals surface area contributed by atoms with E-state index in [2.05, 4.69) is 431 Å². The van der Waals surface area contributed by atoms with Crippen molar-refractivity contribution in [2.45, 2.75) is 0 Å². The quantitative estimate of drug-likeness (QED) is 0.123. The maximum atomic E-state index is 2.45. The second-order valence-corrected chi connectivity index (χ2v) is 27.5. The number of rotatable bonds is 11. The second-order valence-electron chi connectivity index (χ2n) is 27.5. The van der Waals surface area contributed by atoms with Crippen LogP contribution in [0.15, 0.2) is 413 Å². The van der Waals surface area contributed by atoms with Gasteiger partial charge in [0.05, 0.1) is 44.1 Å². The van der Waals surface area contributed by atoms with Gasteiger partial charge in [-0.05, 0) is 176 Å². The SMILES string of the molecule is c1ccc(-c2cc(-c3ccccc3)cc(-n3c4ccccc4c4cc(-c5cccc6c7ccccc7n(-c7ccccc7)c56)ccc43)c2)cc1.c1ccc(-c2ccc(-n3c4ccccc4c4cccc(-c5ccc6c(c5)c5ccccc5n6-c5cc(-c6ccccc6)cc(-c6ccccc6)c5)c43)cc2)cc1. The minimum absolute atomic E-state index is 1.14. The molecule has 106 heavy (non-hydrogen) atoms. The Kier molecular flexibility index (Phi) is 15.2. The minimum Gasteiger partial charge on any atom is -0.309 e. The molecule has 0 radical (unpaired) electrons. The van der Waals surface area contributed by atoms with Crippen LogP contribution in [-0.2, 0) is 0 Å². The maximum absolute atomic E-state index is 2.45. The van der Waals surface area contributed by atoms with Gasteiger partial charge in [-0.3, -0.25) is 0 Å². The number of benzene rings is 17. The molecule has 496 valence electrons. The van der Waals surface area contributed by atoms with E-state index in [0.717, 1.165) is 22.7 Å². The van der Waals surface area contributed by atoms with Gasteiger partial charge in [0.1, 0.15) is 0 Å². The number of fused-ring (bicyclic) bond motifs is 12. The molecule has 0 aliphatic carbocycles. The summed E-state index contributed by atoms with van der Waals surface area (Å²) in [6.07, 6.45) is 0. The van der Waals surface area contributed by atoms with Gasteiger partial charge in [0.25, 0.3) is 0 Å². The van der Waals surface area contributed by atoms with Crippen LogP contribution >= 0.6 is 0 Å². The lowest BCUT2D eigenvalue weighted by Gasteiger charge is -2.15. The monoisotopic (exact) mass is 1350 g/mol. The van der Waals surface area contributed by atoms with Crippen LogP contribution in [0.25, 0.3) is 188 Å². The standard InChI is InChI=1S/C54H36N2.C48H32N2/c1-4-15-37(16-5-1)40-27-30-44(31-28-40)56-52-26-13-10-21-47(52)49-24-14-23-46(54(49)56)41-29-32-53-50(36-41)48-22-11-12-25-51(48)55(53)45-34-42(38-17-6-2-7-18-38)33-43(35-45)39-19-8-3-9-20-39;1-4-15-33(16-5-1)36-29-37(34-17-6-2-7-18-34)31-39(30-36)49-45-25-12-11-22-42(45)44-32-35(27-28-47(44)49)40-23-14-24-43-41-21-10-13-26-46(41)50(48(40)43)38-19-8-3-9-20-38/h1-36H;1-32H. The second kappa shape index (κ2) is 26.1. The molecule has 0 unspecified atom stereocenters. The van der Waals surface area contributed by atoms with Crippen LogP contribution in [0.3, 0.4) is 0 Å². The molecule has 0 saturated carbocycles. The van der Waals surface area contributed by atoms with Crippen LogP contribution in [-0.4, -0.2) is 18.3 Å². The van der Waals surface area contributed by atoms with E-state index in [9.17, 15) is 0 Å². The predicted molar refractivity (Wildman–Crippen MR) is 448 cm³/mol. The minimum atomic E-state index is 1.14. The van der Waals surface area contributed by atoms with Gasteiger partial charge in [0, 0.05) is 77.0 Å². The fourth-order valence-corrected chi connectivity index (χ4v) is 16.6. The Labute approximate surface area is 614 Å². The first kappa shape index (κ1) is 61.8. The average molecular weight is 1350 g/mol. The summed E-state index contributed by atoms with van der Waals surface area (Å²) in [7, 11) is 0. The zero-order valence-electron chi connectivity index (χ0n) is 58.0. The van der Waals surface area contributed by atoms with E-state index in [1.165, 1.54) is 165 Å². The predicted octanol–water partition coefficient (Wildman–Crippen LogP) is 27.4. The third-order valence-electron chi connectivity index (χ3n) is 21.4. The van der Waals surface area contributed by atoms with Crippen molar-refractivity contribution >= 4 is 87.2 Å². The first-order valence-electron chi connectivity index (χ1n) is 36.5. The van der Waals surface area contributed by atoms with Crippen molar-refractivity contribution in [1.82, 2.24) is 18.3 Å². The molecule has 0 N–H and O–H groups in total. The Balaban J connectivity index is 0.000000141. The van der Waals surface area contributed by atoms with E-state index in [4.69, 9.17) is 0 Å². The van der Waals surface area contributed by atoms with Crippen molar-refractivity contribution in [3.8, 4) is 101 Å². The molecule has 21 aromatic rings. The number of para-hydroxylation sites is 7. The fraction of sp³-hybridized carbons (Fsp3) is 0. The lowest BCUT2D eigenvalue weighted by Crippen LogP contribution is -1.96. The van der Waals surface area contributed by atoms with Gasteiger partial charge in [-0.25, -0.2) is 0 Å². The van der Waals surface area contributed by atoms with Gasteiger partial charge in [-0.2, -0.15) is 0 Å². The van der Waals surface area contributed by atoms with E-state index in [-0.39, 0.29) is 0 Å². The molecule has 0 fully saturated rings. The highest BCUT2D eigenvalue weighted by molar-refractivity contribution is 6.18. The number of nitrogens with zero attached hydrogens (tertiary/aromatic N) is 4. The molecule has 0 aliphatic rings. The van der Waals surface area contributed by atoms with Crippen molar-refractivity contribution in [3.63, 3.8) is 0 Å². The van der Waals surface area contributed by atoms with E-state index in [0.29, 0.717) is 0 Å². The summed E-state index contributed by atoms with van der Waals surface area (Å²) in [6, 6.07) is 150. The Hall–Kier alpha value is -14.1. The summed E-state index contributed by atoms with van der Waals surface area (Å²) in [4.78, 5) is 0. The summed E-state index contributed by atoms with van der Waals surface area (Å²) >= 11 is 0. The van der Waals surface area contributed by atoms with E-state index in [1.807, 2.05) is 0 Å². The lowest BCUT2D eigenvalue weighted by atomic mass is 9.98. The van der Waals surface area contributed by atoms with Crippen LogP contribution in [0.1, 0.15) is 0 Å². The third-order valence-corrected chi connectivity index (χ3v) is 21.4. The van der Waals surface area contributed by atoms with Crippen LogP contribution in [0.2, 0.25) is 0 Å². The third kappa shape index (κ3) is 10.7. The summed E-state index contributed by atoms with van der Waals surface area (Å²) in [5.74, 6) is 0. The Bertz CT molecular complexity index is 6770. The average Bonchev–Trinajstić information content (AvgIpc) is 1.58. The molecule has 4 heterocycles. The molecule has 0 aliphatic heterocycles. The molecule has 0 saturated heterocycles. The molecule has 0 atom stereocenters.